The molecule has 2 fully saturated rings. The first-order valence-electron chi connectivity index (χ1n) is 8.82. The van der Waals surface area contributed by atoms with Gasteiger partial charge in [0.25, 0.3) is 0 Å². The van der Waals surface area contributed by atoms with Gasteiger partial charge < -0.3 is 15.1 Å². The summed E-state index contributed by atoms with van der Waals surface area (Å²) < 4.78 is 0. The Labute approximate surface area is 148 Å². The molecule has 134 valence electrons. The van der Waals surface area contributed by atoms with Crippen molar-refractivity contribution in [3.63, 3.8) is 0 Å². The van der Waals surface area contributed by atoms with E-state index in [9.17, 15) is 14.4 Å². The molecule has 0 saturated carbocycles. The predicted molar refractivity (Wildman–Crippen MR) is 93.8 cm³/mol. The monoisotopic (exact) mass is 343 g/mol. The molecule has 1 aromatic rings. The van der Waals surface area contributed by atoms with Gasteiger partial charge >= 0.3 is 0 Å². The van der Waals surface area contributed by atoms with Crippen LogP contribution in [0.5, 0.6) is 0 Å². The van der Waals surface area contributed by atoms with Gasteiger partial charge in [0.1, 0.15) is 6.04 Å². The summed E-state index contributed by atoms with van der Waals surface area (Å²) in [6.07, 6.45) is 0.984. The Kier molecular flexibility index (Phi) is 4.79. The third kappa shape index (κ3) is 3.52. The minimum atomic E-state index is -0.590. The molecule has 6 heteroatoms. The molecule has 6 nitrogen and oxygen atoms in total. The average molecular weight is 343 g/mol. The lowest BCUT2D eigenvalue weighted by atomic mass is 9.83. The van der Waals surface area contributed by atoms with Gasteiger partial charge in [0.2, 0.25) is 17.7 Å². The second-order valence-corrected chi connectivity index (χ2v) is 7.27. The molecular formula is C19H25N3O3. The van der Waals surface area contributed by atoms with Crippen LogP contribution in [0.25, 0.3) is 0 Å². The van der Waals surface area contributed by atoms with Crippen molar-refractivity contribution in [1.82, 2.24) is 15.1 Å². The Balaban J connectivity index is 1.59. The van der Waals surface area contributed by atoms with E-state index >= 15 is 0 Å². The van der Waals surface area contributed by atoms with Crippen LogP contribution in [-0.2, 0) is 19.8 Å². The van der Waals surface area contributed by atoms with Gasteiger partial charge in [0.05, 0.1) is 5.41 Å². The molecule has 0 aliphatic carbocycles. The second kappa shape index (κ2) is 6.86. The van der Waals surface area contributed by atoms with Crippen LogP contribution in [-0.4, -0.2) is 59.7 Å². The second-order valence-electron chi connectivity index (χ2n) is 7.27. The minimum Gasteiger partial charge on any atom is -0.344 e. The van der Waals surface area contributed by atoms with Gasteiger partial charge in [-0.1, -0.05) is 30.3 Å². The Morgan fingerprint density at radius 3 is 2.20 bits per heavy atom. The zero-order valence-corrected chi connectivity index (χ0v) is 14.8. The summed E-state index contributed by atoms with van der Waals surface area (Å²) in [7, 11) is 0. The van der Waals surface area contributed by atoms with Gasteiger partial charge in [-0.05, 0) is 25.8 Å². The topological polar surface area (TPSA) is 69.7 Å². The number of hydrogen-bond acceptors (Lipinski definition) is 3. The third-order valence-corrected chi connectivity index (χ3v) is 5.20. The highest BCUT2D eigenvalue weighted by molar-refractivity contribution is 5.91. The fourth-order valence-corrected chi connectivity index (χ4v) is 3.52. The van der Waals surface area contributed by atoms with Crippen molar-refractivity contribution in [1.29, 1.82) is 0 Å². The van der Waals surface area contributed by atoms with Crippen LogP contribution in [0.2, 0.25) is 0 Å². The number of benzene rings is 1. The molecule has 1 N–H and O–H groups in total. The first-order valence-corrected chi connectivity index (χ1v) is 8.82. The van der Waals surface area contributed by atoms with Gasteiger partial charge in [0.15, 0.2) is 0 Å². The average Bonchev–Trinajstić information content (AvgIpc) is 3.07. The van der Waals surface area contributed by atoms with E-state index in [1.54, 1.807) is 4.90 Å². The Bertz CT molecular complexity index is 664. The molecule has 0 aromatic heterocycles. The van der Waals surface area contributed by atoms with Crippen molar-refractivity contribution in [2.45, 2.75) is 38.1 Å². The molecule has 3 rings (SSSR count). The molecular weight excluding hydrogens is 318 g/mol. The predicted octanol–water partition coefficient (Wildman–Crippen LogP) is 0.914. The highest BCUT2D eigenvalue weighted by atomic mass is 16.2. The van der Waals surface area contributed by atoms with E-state index in [1.165, 1.54) is 0 Å². The highest BCUT2D eigenvalue weighted by Gasteiger charge is 2.37. The number of carbonyl (C=O) groups is 3. The lowest BCUT2D eigenvalue weighted by Crippen LogP contribution is -2.56. The van der Waals surface area contributed by atoms with Gasteiger partial charge in [-0.15, -0.1) is 0 Å². The van der Waals surface area contributed by atoms with Crippen LogP contribution < -0.4 is 5.32 Å². The Morgan fingerprint density at radius 1 is 1.04 bits per heavy atom. The maximum Gasteiger partial charge on any atom is 0.245 e. The van der Waals surface area contributed by atoms with E-state index in [2.05, 4.69) is 5.32 Å². The van der Waals surface area contributed by atoms with Crippen LogP contribution in [0.1, 0.15) is 32.3 Å². The Morgan fingerprint density at radius 2 is 1.64 bits per heavy atom. The minimum absolute atomic E-state index is 0.0275. The van der Waals surface area contributed by atoms with Crippen molar-refractivity contribution in [2.24, 2.45) is 0 Å². The third-order valence-electron chi connectivity index (χ3n) is 5.20. The normalized spacial score (nSPS) is 21.2. The van der Waals surface area contributed by atoms with Gasteiger partial charge in [-0.25, -0.2) is 0 Å². The molecule has 25 heavy (non-hydrogen) atoms. The molecule has 0 radical (unpaired) electrons. The van der Waals surface area contributed by atoms with E-state index in [0.717, 1.165) is 5.56 Å². The fraction of sp³-hybridized carbons (Fsp3) is 0.526. The van der Waals surface area contributed by atoms with E-state index in [-0.39, 0.29) is 17.7 Å². The van der Waals surface area contributed by atoms with Crippen molar-refractivity contribution in [3.8, 4) is 0 Å². The van der Waals surface area contributed by atoms with Crippen LogP contribution in [0.4, 0.5) is 0 Å². The quantitative estimate of drug-likeness (QED) is 0.887. The number of nitrogens with one attached hydrogen (secondary N) is 1. The standard InChI is InChI=1S/C19H25N3O3/c1-19(2,14-6-4-3-5-7-14)18(25)22-12-10-21(11-13-22)17(24)15-8-9-16(23)20-15/h3-7,15H,8-13H2,1-2H3,(H,20,23). The molecule has 2 aliphatic heterocycles. The van der Waals surface area contributed by atoms with Crippen molar-refractivity contribution in [2.75, 3.05) is 26.2 Å². The van der Waals surface area contributed by atoms with E-state index < -0.39 is 11.5 Å². The summed E-state index contributed by atoms with van der Waals surface area (Å²) >= 11 is 0. The smallest absolute Gasteiger partial charge is 0.245 e. The number of nitrogens with zero attached hydrogens (tertiary/aromatic N) is 2. The van der Waals surface area contributed by atoms with E-state index in [0.29, 0.717) is 39.0 Å². The molecule has 0 bridgehead atoms. The molecule has 0 spiro atoms. The number of rotatable bonds is 3. The maximum absolute atomic E-state index is 13.0. The van der Waals surface area contributed by atoms with E-state index in [4.69, 9.17) is 0 Å². The van der Waals surface area contributed by atoms with Gasteiger partial charge in [-0.3, -0.25) is 14.4 Å². The summed E-state index contributed by atoms with van der Waals surface area (Å²) in [5, 5.41) is 2.72. The van der Waals surface area contributed by atoms with Crippen LogP contribution in [0, 0.1) is 0 Å². The summed E-state index contributed by atoms with van der Waals surface area (Å²) in [6.45, 7) is 5.97. The number of amides is 3. The Hall–Kier alpha value is -2.37. The summed E-state index contributed by atoms with van der Waals surface area (Å²) in [5.41, 5.74) is 0.402. The molecule has 1 aromatic carbocycles. The van der Waals surface area contributed by atoms with Crippen LogP contribution in [0.3, 0.4) is 0 Å². The summed E-state index contributed by atoms with van der Waals surface area (Å²) in [4.78, 5) is 40.3. The van der Waals surface area contributed by atoms with Gasteiger partial charge in [-0.2, -0.15) is 0 Å². The molecule has 2 saturated heterocycles. The first kappa shape index (κ1) is 17.5. The largest absolute Gasteiger partial charge is 0.344 e. The number of hydrogen-bond donors (Lipinski definition) is 1. The van der Waals surface area contributed by atoms with Crippen LogP contribution in [0.15, 0.2) is 30.3 Å². The zero-order valence-electron chi connectivity index (χ0n) is 14.8. The molecule has 2 aliphatic rings. The SMILES string of the molecule is CC(C)(C(=O)N1CCN(C(=O)C2CCC(=O)N2)CC1)c1ccccc1. The lowest BCUT2D eigenvalue weighted by Gasteiger charge is -2.39. The van der Waals surface area contributed by atoms with Crippen molar-refractivity contribution < 1.29 is 14.4 Å². The summed E-state index contributed by atoms with van der Waals surface area (Å²) in [6, 6.07) is 9.38. The fourth-order valence-electron chi connectivity index (χ4n) is 3.52. The summed E-state index contributed by atoms with van der Waals surface area (Å²) in [5.74, 6) is -0.00277. The lowest BCUT2D eigenvalue weighted by molar-refractivity contribution is -0.143. The molecule has 3 amide bonds. The molecule has 2 heterocycles. The first-order chi connectivity index (χ1) is 11.9. The number of piperazine rings is 1. The van der Waals surface area contributed by atoms with Crippen LogP contribution >= 0.6 is 0 Å². The maximum atomic E-state index is 13.0. The molecule has 1 atom stereocenters. The van der Waals surface area contributed by atoms with Crippen molar-refractivity contribution in [3.05, 3.63) is 35.9 Å². The van der Waals surface area contributed by atoms with Crippen molar-refractivity contribution >= 4 is 17.7 Å². The zero-order chi connectivity index (χ0) is 18.0. The van der Waals surface area contributed by atoms with E-state index in [1.807, 2.05) is 49.1 Å². The number of carbonyl (C=O) groups excluding carboxylic acids is 3. The molecule has 1 unspecified atom stereocenters. The highest BCUT2D eigenvalue weighted by Crippen LogP contribution is 2.26. The van der Waals surface area contributed by atoms with Gasteiger partial charge in [0, 0.05) is 32.6 Å².